The van der Waals surface area contributed by atoms with Crippen LogP contribution in [-0.4, -0.2) is 55.5 Å². The fourth-order valence-corrected chi connectivity index (χ4v) is 3.21. The fourth-order valence-electron chi connectivity index (χ4n) is 3.21. The number of hydrogen-bond donors (Lipinski definition) is 1. The summed E-state index contributed by atoms with van der Waals surface area (Å²) >= 11 is 0. The summed E-state index contributed by atoms with van der Waals surface area (Å²) in [5.74, 6) is -0.960. The van der Waals surface area contributed by atoms with Gasteiger partial charge in [-0.15, -0.1) is 0 Å². The van der Waals surface area contributed by atoms with Gasteiger partial charge in [-0.25, -0.2) is 4.79 Å². The van der Waals surface area contributed by atoms with Crippen molar-refractivity contribution in [3.8, 4) is 0 Å². The normalized spacial score (nSPS) is 13.7. The molecule has 1 fully saturated rings. The van der Waals surface area contributed by atoms with Crippen molar-refractivity contribution < 1.29 is 19.1 Å². The lowest BCUT2D eigenvalue weighted by Crippen LogP contribution is -2.49. The molecule has 7 heteroatoms. The Kier molecular flexibility index (Phi) is 6.84. The van der Waals surface area contributed by atoms with Crippen molar-refractivity contribution in [3.05, 3.63) is 60.2 Å². The molecule has 152 valence electrons. The van der Waals surface area contributed by atoms with E-state index in [0.717, 1.165) is 18.8 Å². The first-order valence-electron chi connectivity index (χ1n) is 9.71. The zero-order valence-electron chi connectivity index (χ0n) is 16.5. The SMILES string of the molecule is CCOC(=O)c1ccc(NC(=O)CC(=O)N2CCN(c3ccccc3)CC2)cc1. The summed E-state index contributed by atoms with van der Waals surface area (Å²) < 4.78 is 4.92. The highest BCUT2D eigenvalue weighted by Crippen LogP contribution is 2.16. The van der Waals surface area contributed by atoms with Gasteiger partial charge in [0.25, 0.3) is 0 Å². The molecule has 0 saturated carbocycles. The van der Waals surface area contributed by atoms with Crippen LogP contribution in [0.4, 0.5) is 11.4 Å². The Morgan fingerprint density at radius 1 is 0.931 bits per heavy atom. The molecule has 0 aromatic heterocycles. The van der Waals surface area contributed by atoms with Gasteiger partial charge in [0.15, 0.2) is 0 Å². The number of benzene rings is 2. The molecule has 1 aliphatic heterocycles. The van der Waals surface area contributed by atoms with Crippen molar-refractivity contribution in [3.63, 3.8) is 0 Å². The number of esters is 1. The van der Waals surface area contributed by atoms with Crippen LogP contribution in [0.15, 0.2) is 54.6 Å². The smallest absolute Gasteiger partial charge is 0.338 e. The quantitative estimate of drug-likeness (QED) is 0.601. The summed E-state index contributed by atoms with van der Waals surface area (Å²) in [5.41, 5.74) is 2.09. The van der Waals surface area contributed by atoms with Crippen LogP contribution < -0.4 is 10.2 Å². The number of anilines is 2. The van der Waals surface area contributed by atoms with E-state index >= 15 is 0 Å². The summed E-state index contributed by atoms with van der Waals surface area (Å²) in [7, 11) is 0. The van der Waals surface area contributed by atoms with Crippen LogP contribution in [0, 0.1) is 0 Å². The fraction of sp³-hybridized carbons (Fsp3) is 0.318. The third-order valence-electron chi connectivity index (χ3n) is 4.75. The molecule has 1 saturated heterocycles. The Morgan fingerprint density at radius 2 is 1.59 bits per heavy atom. The zero-order chi connectivity index (χ0) is 20.6. The van der Waals surface area contributed by atoms with Gasteiger partial charge in [0.1, 0.15) is 6.42 Å². The second kappa shape index (κ2) is 9.73. The number of para-hydroxylation sites is 1. The summed E-state index contributed by atoms with van der Waals surface area (Å²) in [6.07, 6.45) is -0.203. The van der Waals surface area contributed by atoms with Crippen molar-refractivity contribution >= 4 is 29.2 Å². The van der Waals surface area contributed by atoms with E-state index in [1.165, 1.54) is 0 Å². The number of amides is 2. The first-order chi connectivity index (χ1) is 14.1. The van der Waals surface area contributed by atoms with Crippen molar-refractivity contribution in [2.45, 2.75) is 13.3 Å². The number of ether oxygens (including phenoxy) is 1. The van der Waals surface area contributed by atoms with Gasteiger partial charge in [-0.05, 0) is 43.3 Å². The second-order valence-corrected chi connectivity index (χ2v) is 6.73. The minimum Gasteiger partial charge on any atom is -0.462 e. The van der Waals surface area contributed by atoms with Crippen LogP contribution in [0.2, 0.25) is 0 Å². The predicted octanol–water partition coefficient (Wildman–Crippen LogP) is 2.54. The summed E-state index contributed by atoms with van der Waals surface area (Å²) in [6, 6.07) is 16.5. The van der Waals surface area contributed by atoms with Crippen LogP contribution >= 0.6 is 0 Å². The van der Waals surface area contributed by atoms with Gasteiger partial charge in [0.2, 0.25) is 11.8 Å². The van der Waals surface area contributed by atoms with Crippen LogP contribution in [0.1, 0.15) is 23.7 Å². The Balaban J connectivity index is 1.46. The van der Waals surface area contributed by atoms with Gasteiger partial charge in [-0.2, -0.15) is 0 Å². The molecule has 2 amide bonds. The molecule has 1 heterocycles. The zero-order valence-corrected chi connectivity index (χ0v) is 16.5. The Labute approximate surface area is 170 Å². The standard InChI is InChI=1S/C22H25N3O4/c1-2-29-22(28)17-8-10-18(11-9-17)23-20(26)16-21(27)25-14-12-24(13-15-25)19-6-4-3-5-7-19/h3-11H,2,12-16H2,1H3,(H,23,26). The minimum absolute atomic E-state index is 0.182. The first kappa shape index (κ1) is 20.4. The van der Waals surface area contributed by atoms with E-state index in [9.17, 15) is 14.4 Å². The van der Waals surface area contributed by atoms with E-state index in [1.54, 1.807) is 36.1 Å². The molecule has 2 aromatic carbocycles. The van der Waals surface area contributed by atoms with Gasteiger partial charge in [0, 0.05) is 37.6 Å². The van der Waals surface area contributed by atoms with Gasteiger partial charge in [0.05, 0.1) is 12.2 Å². The lowest BCUT2D eigenvalue weighted by Gasteiger charge is -2.36. The van der Waals surface area contributed by atoms with Gasteiger partial charge < -0.3 is 19.9 Å². The molecule has 0 atom stereocenters. The molecule has 29 heavy (non-hydrogen) atoms. The largest absolute Gasteiger partial charge is 0.462 e. The molecular formula is C22H25N3O4. The molecule has 0 radical (unpaired) electrons. The maximum Gasteiger partial charge on any atom is 0.338 e. The van der Waals surface area contributed by atoms with E-state index < -0.39 is 5.97 Å². The van der Waals surface area contributed by atoms with E-state index in [1.807, 2.05) is 18.2 Å². The van der Waals surface area contributed by atoms with Crippen molar-refractivity contribution in [2.24, 2.45) is 0 Å². The highest BCUT2D eigenvalue weighted by atomic mass is 16.5. The van der Waals surface area contributed by atoms with Gasteiger partial charge in [-0.1, -0.05) is 18.2 Å². The van der Waals surface area contributed by atoms with Crippen molar-refractivity contribution in [2.75, 3.05) is 43.0 Å². The molecule has 0 bridgehead atoms. The first-order valence-corrected chi connectivity index (χ1v) is 9.71. The summed E-state index contributed by atoms with van der Waals surface area (Å²) in [4.78, 5) is 40.3. The monoisotopic (exact) mass is 395 g/mol. The number of piperazine rings is 1. The average molecular weight is 395 g/mol. The van der Waals surface area contributed by atoms with E-state index in [0.29, 0.717) is 30.9 Å². The molecule has 7 nitrogen and oxygen atoms in total. The molecule has 0 aliphatic carbocycles. The predicted molar refractivity (Wildman–Crippen MR) is 111 cm³/mol. The number of rotatable bonds is 6. The van der Waals surface area contributed by atoms with E-state index in [4.69, 9.17) is 4.74 Å². The minimum atomic E-state index is -0.407. The Hall–Kier alpha value is -3.35. The molecule has 2 aromatic rings. The van der Waals surface area contributed by atoms with Crippen LogP contribution in [0.3, 0.4) is 0 Å². The number of nitrogens with one attached hydrogen (secondary N) is 1. The number of hydrogen-bond acceptors (Lipinski definition) is 5. The maximum atomic E-state index is 12.4. The van der Waals surface area contributed by atoms with Crippen molar-refractivity contribution in [1.29, 1.82) is 0 Å². The van der Waals surface area contributed by atoms with E-state index in [2.05, 4.69) is 22.3 Å². The second-order valence-electron chi connectivity index (χ2n) is 6.73. The van der Waals surface area contributed by atoms with Gasteiger partial charge >= 0.3 is 5.97 Å². The number of nitrogens with zero attached hydrogens (tertiary/aromatic N) is 2. The lowest BCUT2D eigenvalue weighted by atomic mass is 10.2. The highest BCUT2D eigenvalue weighted by molar-refractivity contribution is 6.03. The van der Waals surface area contributed by atoms with Crippen LogP contribution in [0.25, 0.3) is 0 Å². The molecule has 3 rings (SSSR count). The molecular weight excluding hydrogens is 370 g/mol. The third kappa shape index (κ3) is 5.57. The van der Waals surface area contributed by atoms with Crippen LogP contribution in [0.5, 0.6) is 0 Å². The third-order valence-corrected chi connectivity index (χ3v) is 4.75. The van der Waals surface area contributed by atoms with Gasteiger partial charge in [-0.3, -0.25) is 9.59 Å². The lowest BCUT2D eigenvalue weighted by molar-refractivity contribution is -0.134. The van der Waals surface area contributed by atoms with Crippen LogP contribution in [-0.2, 0) is 14.3 Å². The van der Waals surface area contributed by atoms with Crippen molar-refractivity contribution in [1.82, 2.24) is 4.90 Å². The summed E-state index contributed by atoms with van der Waals surface area (Å²) in [5, 5.41) is 2.70. The topological polar surface area (TPSA) is 78.9 Å². The van der Waals surface area contributed by atoms with E-state index in [-0.39, 0.29) is 18.2 Å². The maximum absolute atomic E-state index is 12.4. The number of carbonyl (C=O) groups excluding carboxylic acids is 3. The summed E-state index contributed by atoms with van der Waals surface area (Å²) in [6.45, 7) is 4.72. The Morgan fingerprint density at radius 3 is 2.21 bits per heavy atom. The Bertz CT molecular complexity index is 844. The average Bonchev–Trinajstić information content (AvgIpc) is 2.75. The molecule has 1 aliphatic rings. The number of carbonyl (C=O) groups is 3. The highest BCUT2D eigenvalue weighted by Gasteiger charge is 2.23. The molecule has 0 unspecified atom stereocenters. The molecule has 1 N–H and O–H groups in total. The molecule has 0 spiro atoms.